The lowest BCUT2D eigenvalue weighted by Crippen LogP contribution is -2.14. The van der Waals surface area contributed by atoms with Gasteiger partial charge in [-0.3, -0.25) is 4.79 Å². The molecule has 0 radical (unpaired) electrons. The van der Waals surface area contributed by atoms with Gasteiger partial charge >= 0.3 is 0 Å². The van der Waals surface area contributed by atoms with Crippen molar-refractivity contribution in [2.24, 2.45) is 0 Å². The quantitative estimate of drug-likeness (QED) is 0.796. The molecule has 0 saturated heterocycles. The molecule has 23 heavy (non-hydrogen) atoms. The number of aryl methyl sites for hydroxylation is 2. The first-order valence-corrected chi connectivity index (χ1v) is 7.49. The Morgan fingerprint density at radius 3 is 2.52 bits per heavy atom. The van der Waals surface area contributed by atoms with Crippen LogP contribution >= 0.6 is 11.6 Å². The van der Waals surface area contributed by atoms with E-state index in [0.717, 1.165) is 11.3 Å². The van der Waals surface area contributed by atoms with E-state index in [4.69, 9.17) is 11.6 Å². The summed E-state index contributed by atoms with van der Waals surface area (Å²) in [6, 6.07) is 14.9. The molecule has 116 valence electrons. The summed E-state index contributed by atoms with van der Waals surface area (Å²) in [6.07, 6.45) is 0. The number of hydrogen-bond donors (Lipinski definition) is 1. The van der Waals surface area contributed by atoms with Crippen LogP contribution in [-0.2, 0) is 0 Å². The normalized spacial score (nSPS) is 10.6. The lowest BCUT2D eigenvalue weighted by molar-refractivity contribution is 0.102. The summed E-state index contributed by atoms with van der Waals surface area (Å²) in [5.41, 5.74) is 3.19. The van der Waals surface area contributed by atoms with Crippen LogP contribution in [0.4, 0.5) is 5.69 Å². The van der Waals surface area contributed by atoms with Gasteiger partial charge in [0.15, 0.2) is 5.69 Å². The molecule has 0 aliphatic heterocycles. The van der Waals surface area contributed by atoms with Gasteiger partial charge in [0.1, 0.15) is 0 Å². The number of anilines is 1. The van der Waals surface area contributed by atoms with Gasteiger partial charge in [-0.2, -0.15) is 9.90 Å². The number of benzene rings is 2. The molecular formula is C17H15ClN4O. The zero-order chi connectivity index (χ0) is 16.4. The minimum atomic E-state index is -0.338. The summed E-state index contributed by atoms with van der Waals surface area (Å²) in [5, 5.41) is 11.8. The van der Waals surface area contributed by atoms with Crippen molar-refractivity contribution in [3.05, 3.63) is 70.5 Å². The zero-order valence-corrected chi connectivity index (χ0v) is 13.5. The van der Waals surface area contributed by atoms with Crippen molar-refractivity contribution in [2.45, 2.75) is 13.8 Å². The van der Waals surface area contributed by atoms with Crippen LogP contribution in [0, 0.1) is 13.8 Å². The Kier molecular flexibility index (Phi) is 4.12. The van der Waals surface area contributed by atoms with E-state index in [1.807, 2.05) is 43.3 Å². The topological polar surface area (TPSA) is 59.8 Å². The van der Waals surface area contributed by atoms with Gasteiger partial charge in [-0.1, -0.05) is 35.9 Å². The van der Waals surface area contributed by atoms with Gasteiger partial charge in [0.05, 0.1) is 22.1 Å². The second kappa shape index (κ2) is 6.22. The molecule has 6 heteroatoms. The number of carbonyl (C=O) groups is 1. The summed E-state index contributed by atoms with van der Waals surface area (Å²) in [6.45, 7) is 3.69. The van der Waals surface area contributed by atoms with Crippen LogP contribution in [0.25, 0.3) is 5.69 Å². The van der Waals surface area contributed by atoms with Crippen LogP contribution in [0.2, 0.25) is 5.02 Å². The highest BCUT2D eigenvalue weighted by atomic mass is 35.5. The third-order valence-corrected chi connectivity index (χ3v) is 3.67. The number of halogens is 1. The fourth-order valence-corrected chi connectivity index (χ4v) is 2.45. The molecule has 1 N–H and O–H groups in total. The number of rotatable bonds is 3. The molecule has 0 saturated carbocycles. The molecule has 0 aliphatic rings. The highest BCUT2D eigenvalue weighted by molar-refractivity contribution is 6.34. The van der Waals surface area contributed by atoms with Gasteiger partial charge in [0.2, 0.25) is 0 Å². The molecule has 0 aliphatic carbocycles. The van der Waals surface area contributed by atoms with Gasteiger partial charge in [0.25, 0.3) is 5.91 Å². The fourth-order valence-electron chi connectivity index (χ4n) is 2.17. The van der Waals surface area contributed by atoms with Crippen LogP contribution in [0.3, 0.4) is 0 Å². The molecule has 0 bridgehead atoms. The maximum atomic E-state index is 12.4. The van der Waals surface area contributed by atoms with Crippen molar-refractivity contribution in [3.8, 4) is 5.69 Å². The number of carbonyl (C=O) groups excluding carboxylic acids is 1. The van der Waals surface area contributed by atoms with Crippen molar-refractivity contribution in [1.82, 2.24) is 15.0 Å². The van der Waals surface area contributed by atoms with E-state index >= 15 is 0 Å². The molecule has 1 heterocycles. The summed E-state index contributed by atoms with van der Waals surface area (Å²) in [7, 11) is 0. The van der Waals surface area contributed by atoms with Crippen LogP contribution < -0.4 is 5.32 Å². The first kappa shape index (κ1) is 15.2. The van der Waals surface area contributed by atoms with Crippen molar-refractivity contribution in [1.29, 1.82) is 0 Å². The molecule has 5 nitrogen and oxygen atoms in total. The highest BCUT2D eigenvalue weighted by Gasteiger charge is 2.17. The molecule has 1 aromatic heterocycles. The predicted molar refractivity (Wildman–Crippen MR) is 90.2 cm³/mol. The van der Waals surface area contributed by atoms with E-state index in [0.29, 0.717) is 16.4 Å². The van der Waals surface area contributed by atoms with Gasteiger partial charge in [-0.15, -0.1) is 5.10 Å². The summed E-state index contributed by atoms with van der Waals surface area (Å²) in [5.74, 6) is -0.338. The Morgan fingerprint density at radius 1 is 1.09 bits per heavy atom. The standard InChI is InChI=1S/C17H15ClN4O/c1-11-8-9-15(14(18)10-11)19-17(23)16-12(2)20-22(21-16)13-6-4-3-5-7-13/h3-10H,1-2H3,(H,19,23). The molecule has 3 aromatic rings. The van der Waals surface area contributed by atoms with Crippen molar-refractivity contribution in [3.63, 3.8) is 0 Å². The molecule has 2 aromatic carbocycles. The van der Waals surface area contributed by atoms with Gasteiger partial charge in [-0.25, -0.2) is 0 Å². The van der Waals surface area contributed by atoms with Crippen LogP contribution in [-0.4, -0.2) is 20.9 Å². The smallest absolute Gasteiger partial charge is 0.278 e. The van der Waals surface area contributed by atoms with Crippen LogP contribution in [0.1, 0.15) is 21.7 Å². The third-order valence-electron chi connectivity index (χ3n) is 3.36. The SMILES string of the molecule is Cc1ccc(NC(=O)c2nn(-c3ccccc3)nc2C)c(Cl)c1. The Bertz CT molecular complexity index is 858. The van der Waals surface area contributed by atoms with Crippen molar-refractivity contribution >= 4 is 23.2 Å². The molecule has 0 spiro atoms. The number of nitrogens with zero attached hydrogens (tertiary/aromatic N) is 3. The van der Waals surface area contributed by atoms with Gasteiger partial charge in [-0.05, 0) is 43.7 Å². The maximum Gasteiger partial charge on any atom is 0.278 e. The van der Waals surface area contributed by atoms with Gasteiger partial charge in [0, 0.05) is 0 Å². The average molecular weight is 327 g/mol. The second-order valence-electron chi connectivity index (χ2n) is 5.20. The highest BCUT2D eigenvalue weighted by Crippen LogP contribution is 2.23. The first-order valence-electron chi connectivity index (χ1n) is 7.11. The molecule has 0 fully saturated rings. The second-order valence-corrected chi connectivity index (χ2v) is 5.60. The molecule has 1 amide bonds. The Balaban J connectivity index is 1.87. The van der Waals surface area contributed by atoms with E-state index in [1.54, 1.807) is 19.1 Å². The lowest BCUT2D eigenvalue weighted by Gasteiger charge is -2.06. The molecule has 0 atom stereocenters. The maximum absolute atomic E-state index is 12.4. The minimum Gasteiger partial charge on any atom is -0.319 e. The van der Waals surface area contributed by atoms with E-state index in [1.165, 1.54) is 4.80 Å². The number of para-hydroxylation sites is 1. The summed E-state index contributed by atoms with van der Waals surface area (Å²) in [4.78, 5) is 13.9. The Labute approximate surface area is 138 Å². The number of hydrogen-bond acceptors (Lipinski definition) is 3. The van der Waals surface area contributed by atoms with E-state index in [2.05, 4.69) is 15.5 Å². The molecule has 0 unspecified atom stereocenters. The van der Waals surface area contributed by atoms with E-state index in [-0.39, 0.29) is 11.6 Å². The number of aromatic nitrogens is 3. The molecule has 3 rings (SSSR count). The number of amides is 1. The monoisotopic (exact) mass is 326 g/mol. The molecular weight excluding hydrogens is 312 g/mol. The van der Waals surface area contributed by atoms with E-state index < -0.39 is 0 Å². The van der Waals surface area contributed by atoms with Crippen LogP contribution in [0.5, 0.6) is 0 Å². The minimum absolute atomic E-state index is 0.269. The lowest BCUT2D eigenvalue weighted by atomic mass is 10.2. The average Bonchev–Trinajstić information content (AvgIpc) is 2.93. The largest absolute Gasteiger partial charge is 0.319 e. The fraction of sp³-hybridized carbons (Fsp3) is 0.118. The van der Waals surface area contributed by atoms with E-state index in [9.17, 15) is 4.79 Å². The van der Waals surface area contributed by atoms with Crippen molar-refractivity contribution in [2.75, 3.05) is 5.32 Å². The van der Waals surface area contributed by atoms with Crippen molar-refractivity contribution < 1.29 is 4.79 Å². The Morgan fingerprint density at radius 2 is 1.83 bits per heavy atom. The predicted octanol–water partition coefficient (Wildman–Crippen LogP) is 3.79. The third kappa shape index (κ3) is 3.24. The number of nitrogens with one attached hydrogen (secondary N) is 1. The van der Waals surface area contributed by atoms with Crippen LogP contribution in [0.15, 0.2) is 48.5 Å². The van der Waals surface area contributed by atoms with Gasteiger partial charge < -0.3 is 5.32 Å². The summed E-state index contributed by atoms with van der Waals surface area (Å²) >= 11 is 6.15. The first-order chi connectivity index (χ1) is 11.0. The summed E-state index contributed by atoms with van der Waals surface area (Å²) < 4.78 is 0. The zero-order valence-electron chi connectivity index (χ0n) is 12.7. The Hall–Kier alpha value is -2.66.